The maximum Gasteiger partial charge on any atom is 0.315 e. The molecule has 0 radical (unpaired) electrons. The normalized spacial score (nSPS) is 22.8. The fourth-order valence-electron chi connectivity index (χ4n) is 2.96. The molecule has 2 rings (SSSR count). The molecule has 1 aliphatic heterocycles. The van der Waals surface area contributed by atoms with Crippen molar-refractivity contribution in [1.29, 1.82) is 0 Å². The number of benzene rings is 1. The number of rotatable bonds is 5. The lowest BCUT2D eigenvalue weighted by atomic mass is 9.94. The minimum absolute atomic E-state index is 0.144. The summed E-state index contributed by atoms with van der Waals surface area (Å²) in [6, 6.07) is 5.68. The highest BCUT2D eigenvalue weighted by Gasteiger charge is 2.27. The molecule has 2 atom stereocenters. The zero-order chi connectivity index (χ0) is 15.4. The number of para-hydroxylation sites is 1. The molecular weight excluding hydrogens is 268 g/mol. The van der Waals surface area contributed by atoms with E-state index in [-0.39, 0.29) is 16.7 Å². The maximum atomic E-state index is 11.4. The minimum Gasteiger partial charge on any atom is -0.380 e. The van der Waals surface area contributed by atoms with Crippen molar-refractivity contribution in [2.75, 3.05) is 37.3 Å². The molecule has 2 unspecified atom stereocenters. The van der Waals surface area contributed by atoms with Crippen molar-refractivity contribution in [3.8, 4) is 0 Å². The first kappa shape index (κ1) is 15.6. The van der Waals surface area contributed by atoms with Gasteiger partial charge in [0.05, 0.1) is 4.92 Å². The molecule has 1 saturated heterocycles. The van der Waals surface area contributed by atoms with Gasteiger partial charge >= 0.3 is 5.69 Å². The number of piperidine rings is 1. The molecule has 6 nitrogen and oxygen atoms in total. The van der Waals surface area contributed by atoms with Crippen molar-refractivity contribution in [3.63, 3.8) is 0 Å². The number of nitrogens with zero attached hydrogens (tertiary/aromatic N) is 2. The summed E-state index contributed by atoms with van der Waals surface area (Å²) in [6.45, 7) is 6.81. The minimum atomic E-state index is -0.306. The molecule has 1 aliphatic rings. The van der Waals surface area contributed by atoms with Crippen LogP contribution in [0, 0.1) is 16.0 Å². The summed E-state index contributed by atoms with van der Waals surface area (Å²) in [7, 11) is 2.11. The molecule has 0 spiro atoms. The third-order valence-electron chi connectivity index (χ3n) is 4.04. The summed E-state index contributed by atoms with van der Waals surface area (Å²) in [6.07, 6.45) is 1.00. The van der Waals surface area contributed by atoms with E-state index in [1.54, 1.807) is 12.1 Å². The van der Waals surface area contributed by atoms with E-state index in [9.17, 15) is 10.1 Å². The van der Waals surface area contributed by atoms with Crippen LogP contribution in [0.1, 0.15) is 20.3 Å². The first-order valence-corrected chi connectivity index (χ1v) is 7.49. The summed E-state index contributed by atoms with van der Waals surface area (Å²) < 4.78 is 0. The topological polar surface area (TPSA) is 70.4 Å². The Balaban J connectivity index is 2.23. The summed E-state index contributed by atoms with van der Waals surface area (Å²) in [4.78, 5) is 13.4. The van der Waals surface area contributed by atoms with E-state index in [2.05, 4.69) is 29.5 Å². The maximum absolute atomic E-state index is 11.4. The summed E-state index contributed by atoms with van der Waals surface area (Å²) in [5.41, 5.74) is 1.33. The van der Waals surface area contributed by atoms with Crippen LogP contribution < -0.4 is 10.6 Å². The number of anilines is 2. The van der Waals surface area contributed by atoms with Gasteiger partial charge in [-0.3, -0.25) is 10.1 Å². The Labute approximate surface area is 125 Å². The molecule has 0 aliphatic carbocycles. The van der Waals surface area contributed by atoms with Crippen LogP contribution in [0.2, 0.25) is 0 Å². The van der Waals surface area contributed by atoms with Gasteiger partial charge in [-0.25, -0.2) is 0 Å². The largest absolute Gasteiger partial charge is 0.380 e. The lowest BCUT2D eigenvalue weighted by molar-refractivity contribution is -0.383. The zero-order valence-electron chi connectivity index (χ0n) is 12.9. The first-order chi connectivity index (χ1) is 10.0. The molecule has 116 valence electrons. The highest BCUT2D eigenvalue weighted by Crippen LogP contribution is 2.34. The smallest absolute Gasteiger partial charge is 0.315 e. The van der Waals surface area contributed by atoms with Crippen LogP contribution in [-0.2, 0) is 0 Å². The molecule has 0 aromatic heterocycles. The highest BCUT2D eigenvalue weighted by molar-refractivity contribution is 5.76. The Morgan fingerprint density at radius 3 is 2.76 bits per heavy atom. The highest BCUT2D eigenvalue weighted by atomic mass is 16.6. The Hall–Kier alpha value is -1.82. The quantitative estimate of drug-likeness (QED) is 0.645. The van der Waals surface area contributed by atoms with Crippen LogP contribution in [0.4, 0.5) is 17.1 Å². The van der Waals surface area contributed by atoms with Crippen molar-refractivity contribution in [1.82, 2.24) is 4.90 Å². The van der Waals surface area contributed by atoms with Crippen molar-refractivity contribution in [2.45, 2.75) is 26.3 Å². The molecule has 0 bridgehead atoms. The number of hydrogen-bond donors (Lipinski definition) is 2. The van der Waals surface area contributed by atoms with Gasteiger partial charge in [-0.15, -0.1) is 0 Å². The average molecular weight is 292 g/mol. The van der Waals surface area contributed by atoms with E-state index in [4.69, 9.17) is 0 Å². The van der Waals surface area contributed by atoms with Gasteiger partial charge in [0.2, 0.25) is 0 Å². The number of likely N-dealkylation sites (tertiary alicyclic amines) is 1. The summed E-state index contributed by atoms with van der Waals surface area (Å²) >= 11 is 0. The van der Waals surface area contributed by atoms with E-state index in [0.29, 0.717) is 23.8 Å². The van der Waals surface area contributed by atoms with Gasteiger partial charge in [0.15, 0.2) is 0 Å². The van der Waals surface area contributed by atoms with Gasteiger partial charge in [-0.05, 0) is 45.0 Å². The van der Waals surface area contributed by atoms with Gasteiger partial charge in [0, 0.05) is 19.1 Å². The van der Waals surface area contributed by atoms with E-state index in [0.717, 1.165) is 19.5 Å². The fourth-order valence-corrected chi connectivity index (χ4v) is 2.96. The monoisotopic (exact) mass is 292 g/mol. The molecule has 1 heterocycles. The second-order valence-corrected chi connectivity index (χ2v) is 5.77. The molecule has 0 saturated carbocycles. The van der Waals surface area contributed by atoms with Gasteiger partial charge < -0.3 is 15.5 Å². The third-order valence-corrected chi connectivity index (χ3v) is 4.04. The van der Waals surface area contributed by atoms with Crippen LogP contribution in [0.25, 0.3) is 0 Å². The number of hydrogen-bond acceptors (Lipinski definition) is 5. The predicted molar refractivity (Wildman–Crippen MR) is 85.9 cm³/mol. The van der Waals surface area contributed by atoms with Crippen LogP contribution in [0.15, 0.2) is 18.2 Å². The zero-order valence-corrected chi connectivity index (χ0v) is 12.9. The second kappa shape index (κ2) is 6.76. The fraction of sp³-hybridized carbons (Fsp3) is 0.600. The van der Waals surface area contributed by atoms with E-state index < -0.39 is 0 Å². The molecule has 6 heteroatoms. The SMILES string of the molecule is CCNc1cccc(NC2CCN(C)CC2C)c1[N+](=O)[O-]. The molecule has 1 aromatic carbocycles. The molecule has 1 fully saturated rings. The van der Waals surface area contributed by atoms with Crippen LogP contribution >= 0.6 is 0 Å². The van der Waals surface area contributed by atoms with Crippen molar-refractivity contribution < 1.29 is 4.92 Å². The van der Waals surface area contributed by atoms with Gasteiger partial charge in [0.25, 0.3) is 0 Å². The van der Waals surface area contributed by atoms with Crippen molar-refractivity contribution in [3.05, 3.63) is 28.3 Å². The van der Waals surface area contributed by atoms with Crippen LogP contribution in [0.3, 0.4) is 0 Å². The number of nitro groups is 1. The Kier molecular flexibility index (Phi) is 5.01. The Bertz CT molecular complexity index is 506. The standard InChI is InChI=1S/C15H24N4O2/c1-4-16-13-6-5-7-14(15(13)19(20)21)17-12-8-9-18(3)10-11(12)2/h5-7,11-12,16-17H,4,8-10H2,1-3H3. The molecule has 1 aromatic rings. The lowest BCUT2D eigenvalue weighted by Gasteiger charge is -2.35. The van der Waals surface area contributed by atoms with E-state index in [1.807, 2.05) is 13.0 Å². The lowest BCUT2D eigenvalue weighted by Crippen LogP contribution is -2.43. The third kappa shape index (κ3) is 3.64. The van der Waals surface area contributed by atoms with Gasteiger partial charge in [-0.1, -0.05) is 13.0 Å². The molecule has 21 heavy (non-hydrogen) atoms. The van der Waals surface area contributed by atoms with Crippen LogP contribution in [-0.4, -0.2) is 42.5 Å². The number of nitrogens with one attached hydrogen (secondary N) is 2. The average Bonchev–Trinajstić information content (AvgIpc) is 2.42. The Morgan fingerprint density at radius 2 is 2.14 bits per heavy atom. The summed E-state index contributed by atoms with van der Waals surface area (Å²) in [5.74, 6) is 0.464. The predicted octanol–water partition coefficient (Wildman–Crippen LogP) is 2.78. The van der Waals surface area contributed by atoms with Crippen LogP contribution in [0.5, 0.6) is 0 Å². The van der Waals surface area contributed by atoms with Gasteiger partial charge in [0.1, 0.15) is 11.4 Å². The Morgan fingerprint density at radius 1 is 1.43 bits per heavy atom. The first-order valence-electron chi connectivity index (χ1n) is 7.49. The second-order valence-electron chi connectivity index (χ2n) is 5.77. The number of nitro benzene ring substituents is 1. The molecular formula is C15H24N4O2. The van der Waals surface area contributed by atoms with Crippen molar-refractivity contribution >= 4 is 17.1 Å². The van der Waals surface area contributed by atoms with Gasteiger partial charge in [-0.2, -0.15) is 0 Å². The van der Waals surface area contributed by atoms with Crippen molar-refractivity contribution in [2.24, 2.45) is 5.92 Å². The van der Waals surface area contributed by atoms with E-state index in [1.165, 1.54) is 0 Å². The molecule has 0 amide bonds. The van der Waals surface area contributed by atoms with E-state index >= 15 is 0 Å². The molecule has 2 N–H and O–H groups in total. The summed E-state index contributed by atoms with van der Waals surface area (Å²) in [5, 5.41) is 17.9.